The maximum Gasteiger partial charge on any atom is 0.328 e. The summed E-state index contributed by atoms with van der Waals surface area (Å²) in [5.74, 6) is -2.49. The summed E-state index contributed by atoms with van der Waals surface area (Å²) < 4.78 is 0. The molecule has 0 fully saturated rings. The molecule has 1 aromatic rings. The number of hydrogen-bond acceptors (Lipinski definition) is 5. The molecule has 8 nitrogen and oxygen atoms in total. The van der Waals surface area contributed by atoms with Crippen molar-refractivity contribution < 1.29 is 19.8 Å². The Morgan fingerprint density at radius 1 is 1.40 bits per heavy atom. The highest BCUT2D eigenvalue weighted by atomic mass is 16.4. The largest absolute Gasteiger partial charge is 0.507 e. The average molecular weight is 278 g/mol. The lowest BCUT2D eigenvalue weighted by Gasteiger charge is -2.05. The summed E-state index contributed by atoms with van der Waals surface area (Å²) in [7, 11) is 0. The maximum absolute atomic E-state index is 10.9. The lowest BCUT2D eigenvalue weighted by Crippen LogP contribution is -2.25. The SMILES string of the molecule is N=C(N)c1ccc(C=N[C@@H](CC(N)=O)C(=O)O)c(O)c1. The van der Waals surface area contributed by atoms with E-state index in [1.54, 1.807) is 0 Å². The molecule has 20 heavy (non-hydrogen) atoms. The molecule has 106 valence electrons. The third kappa shape index (κ3) is 4.09. The van der Waals surface area contributed by atoms with Gasteiger partial charge in [-0.15, -0.1) is 0 Å². The second kappa shape index (κ2) is 6.32. The lowest BCUT2D eigenvalue weighted by molar-refractivity contribution is -0.140. The first-order valence-corrected chi connectivity index (χ1v) is 5.53. The first-order chi connectivity index (χ1) is 9.31. The van der Waals surface area contributed by atoms with Crippen molar-refractivity contribution in [3.8, 4) is 5.75 Å². The molecule has 1 amide bonds. The molecule has 1 rings (SSSR count). The van der Waals surface area contributed by atoms with Gasteiger partial charge in [0.1, 0.15) is 11.6 Å². The van der Waals surface area contributed by atoms with Gasteiger partial charge < -0.3 is 21.7 Å². The molecule has 0 saturated carbocycles. The standard InChI is InChI=1S/C12H14N4O4/c13-10(18)4-8(12(19)20)16-5-7-2-1-6(11(14)15)3-9(7)17/h1-3,5,8,17H,4H2,(H2,13,18)(H3,14,15)(H,19,20)/t8-/m0/s1. The molecule has 0 aliphatic heterocycles. The summed E-state index contributed by atoms with van der Waals surface area (Å²) in [4.78, 5) is 25.3. The molecule has 1 aromatic carbocycles. The van der Waals surface area contributed by atoms with Crippen molar-refractivity contribution in [3.05, 3.63) is 29.3 Å². The van der Waals surface area contributed by atoms with Crippen LogP contribution in [0.4, 0.5) is 0 Å². The van der Waals surface area contributed by atoms with Crippen molar-refractivity contribution >= 4 is 23.9 Å². The fourth-order valence-corrected chi connectivity index (χ4v) is 1.38. The first-order valence-electron chi connectivity index (χ1n) is 5.53. The monoisotopic (exact) mass is 278 g/mol. The Labute approximate surface area is 114 Å². The van der Waals surface area contributed by atoms with Crippen LogP contribution >= 0.6 is 0 Å². The van der Waals surface area contributed by atoms with Crippen LogP contribution in [0.2, 0.25) is 0 Å². The van der Waals surface area contributed by atoms with Gasteiger partial charge in [0.2, 0.25) is 5.91 Å². The van der Waals surface area contributed by atoms with Crippen LogP contribution in [0.3, 0.4) is 0 Å². The quantitative estimate of drug-likeness (QED) is 0.346. The van der Waals surface area contributed by atoms with Gasteiger partial charge in [-0.2, -0.15) is 0 Å². The number of phenols is 1. The molecule has 7 N–H and O–H groups in total. The van der Waals surface area contributed by atoms with E-state index in [2.05, 4.69) is 4.99 Å². The summed E-state index contributed by atoms with van der Waals surface area (Å²) >= 11 is 0. The summed E-state index contributed by atoms with van der Waals surface area (Å²) in [5, 5.41) is 25.8. The summed E-state index contributed by atoms with van der Waals surface area (Å²) in [6, 6.07) is 2.86. The van der Waals surface area contributed by atoms with Crippen molar-refractivity contribution in [2.24, 2.45) is 16.5 Å². The normalized spacial score (nSPS) is 12.2. The molecule has 0 spiro atoms. The molecule has 0 radical (unpaired) electrons. The number of nitrogen functional groups attached to an aromatic ring is 1. The van der Waals surface area contributed by atoms with E-state index in [-0.39, 0.29) is 17.1 Å². The van der Waals surface area contributed by atoms with Crippen LogP contribution in [0.25, 0.3) is 0 Å². The summed E-state index contributed by atoms with van der Waals surface area (Å²) in [6.07, 6.45) is 0.694. The fraction of sp³-hybridized carbons (Fsp3) is 0.167. The van der Waals surface area contributed by atoms with E-state index in [0.717, 1.165) is 6.21 Å². The van der Waals surface area contributed by atoms with Crippen LogP contribution in [0.15, 0.2) is 23.2 Å². The van der Waals surface area contributed by atoms with E-state index < -0.39 is 24.3 Å². The van der Waals surface area contributed by atoms with Gasteiger partial charge in [-0.25, -0.2) is 4.79 Å². The number of aromatic hydroxyl groups is 1. The Morgan fingerprint density at radius 2 is 2.05 bits per heavy atom. The molecule has 1 atom stereocenters. The minimum Gasteiger partial charge on any atom is -0.507 e. The van der Waals surface area contributed by atoms with Gasteiger partial charge in [0, 0.05) is 17.3 Å². The highest BCUT2D eigenvalue weighted by Crippen LogP contribution is 2.17. The van der Waals surface area contributed by atoms with E-state index in [1.165, 1.54) is 18.2 Å². The van der Waals surface area contributed by atoms with E-state index >= 15 is 0 Å². The van der Waals surface area contributed by atoms with Gasteiger partial charge in [0.25, 0.3) is 0 Å². The Balaban J connectivity index is 2.96. The predicted octanol–water partition coefficient (Wildman–Crippen LogP) is -0.576. The number of phenolic OH excluding ortho intramolecular Hbond substituents is 1. The molecule has 0 unspecified atom stereocenters. The van der Waals surface area contributed by atoms with Gasteiger partial charge in [0.15, 0.2) is 6.04 Å². The van der Waals surface area contributed by atoms with E-state index in [0.29, 0.717) is 5.56 Å². The number of rotatable bonds is 6. The minimum absolute atomic E-state index is 0.204. The maximum atomic E-state index is 10.9. The number of carbonyl (C=O) groups excluding carboxylic acids is 1. The van der Waals surface area contributed by atoms with Crippen LogP contribution in [0.1, 0.15) is 17.5 Å². The van der Waals surface area contributed by atoms with Gasteiger partial charge in [-0.05, 0) is 12.1 Å². The van der Waals surface area contributed by atoms with Crippen molar-refractivity contribution in [2.45, 2.75) is 12.5 Å². The minimum atomic E-state index is -1.31. The topological polar surface area (TPSA) is 163 Å². The zero-order valence-electron chi connectivity index (χ0n) is 10.4. The Hall–Kier alpha value is -2.90. The van der Waals surface area contributed by atoms with Crippen LogP contribution in [0.5, 0.6) is 5.75 Å². The fourth-order valence-electron chi connectivity index (χ4n) is 1.38. The lowest BCUT2D eigenvalue weighted by atomic mass is 10.1. The number of primary amides is 1. The van der Waals surface area contributed by atoms with Crippen molar-refractivity contribution in [2.75, 3.05) is 0 Å². The zero-order chi connectivity index (χ0) is 15.3. The van der Waals surface area contributed by atoms with Gasteiger partial charge in [-0.3, -0.25) is 15.2 Å². The molecule has 0 aromatic heterocycles. The third-order valence-electron chi connectivity index (χ3n) is 2.41. The summed E-state index contributed by atoms with van der Waals surface area (Å²) in [6.45, 7) is 0. The molecule has 8 heteroatoms. The van der Waals surface area contributed by atoms with Gasteiger partial charge in [0.05, 0.1) is 6.42 Å². The number of benzene rings is 1. The zero-order valence-corrected chi connectivity index (χ0v) is 10.4. The number of hydrogen-bond donors (Lipinski definition) is 5. The molecule has 0 heterocycles. The van der Waals surface area contributed by atoms with Crippen LogP contribution in [-0.4, -0.2) is 40.2 Å². The third-order valence-corrected chi connectivity index (χ3v) is 2.41. The number of nitrogens with two attached hydrogens (primary N) is 2. The van der Waals surface area contributed by atoms with Crippen molar-refractivity contribution in [3.63, 3.8) is 0 Å². The molecular formula is C12H14N4O4. The number of nitrogens with zero attached hydrogens (tertiary/aromatic N) is 1. The highest BCUT2D eigenvalue weighted by Gasteiger charge is 2.18. The van der Waals surface area contributed by atoms with Crippen LogP contribution in [-0.2, 0) is 9.59 Å². The number of amidine groups is 1. The number of aliphatic carboxylic acids is 1. The molecular weight excluding hydrogens is 264 g/mol. The van der Waals surface area contributed by atoms with Crippen LogP contribution < -0.4 is 11.5 Å². The molecule has 0 saturated heterocycles. The highest BCUT2D eigenvalue weighted by molar-refractivity contribution is 5.97. The number of carboxylic acid groups (broad SMARTS) is 1. The smallest absolute Gasteiger partial charge is 0.328 e. The Kier molecular flexibility index (Phi) is 4.79. The molecule has 0 aliphatic carbocycles. The summed E-state index contributed by atoms with van der Waals surface area (Å²) in [5.41, 5.74) is 10.7. The van der Waals surface area contributed by atoms with Gasteiger partial charge in [-0.1, -0.05) is 6.07 Å². The van der Waals surface area contributed by atoms with Crippen molar-refractivity contribution in [1.29, 1.82) is 5.41 Å². The van der Waals surface area contributed by atoms with Crippen LogP contribution in [0, 0.1) is 5.41 Å². The van der Waals surface area contributed by atoms with E-state index in [1.807, 2.05) is 0 Å². The van der Waals surface area contributed by atoms with Crippen molar-refractivity contribution in [1.82, 2.24) is 0 Å². The number of amides is 1. The second-order valence-electron chi connectivity index (χ2n) is 3.99. The molecule has 0 aliphatic rings. The Bertz CT molecular complexity index is 583. The Morgan fingerprint density at radius 3 is 2.50 bits per heavy atom. The second-order valence-corrected chi connectivity index (χ2v) is 3.99. The first kappa shape index (κ1) is 15.2. The number of aliphatic imine (C=N–C) groups is 1. The number of carbonyl (C=O) groups is 2. The predicted molar refractivity (Wildman–Crippen MR) is 72.0 cm³/mol. The number of carboxylic acids is 1. The van der Waals surface area contributed by atoms with E-state index in [9.17, 15) is 14.7 Å². The molecule has 0 bridgehead atoms. The van der Waals surface area contributed by atoms with Gasteiger partial charge >= 0.3 is 5.97 Å². The van der Waals surface area contributed by atoms with E-state index in [4.69, 9.17) is 22.0 Å². The average Bonchev–Trinajstić information content (AvgIpc) is 2.34. The number of nitrogens with one attached hydrogen (secondary N) is 1.